The zero-order valence-corrected chi connectivity index (χ0v) is 5.59. The van der Waals surface area contributed by atoms with Gasteiger partial charge in [0.1, 0.15) is 12.0 Å². The van der Waals surface area contributed by atoms with E-state index in [9.17, 15) is 0 Å². The monoisotopic (exact) mass is 143 g/mol. The van der Waals surface area contributed by atoms with E-state index in [-0.39, 0.29) is 0 Å². The number of aryl methyl sites for hydroxylation is 1. The Kier molecular flexibility index (Phi) is 1.74. The van der Waals surface area contributed by atoms with Gasteiger partial charge in [-0.1, -0.05) is 5.16 Å². The highest BCUT2D eigenvalue weighted by Gasteiger charge is 1.93. The summed E-state index contributed by atoms with van der Waals surface area (Å²) in [5.74, 6) is 0.704. The van der Waals surface area contributed by atoms with Crippen molar-refractivity contribution in [2.45, 2.75) is 6.92 Å². The highest BCUT2D eigenvalue weighted by atomic mass is 32.1. The zero-order valence-electron chi connectivity index (χ0n) is 4.77. The molecule has 4 nitrogen and oxygen atoms in total. The van der Waals surface area contributed by atoms with E-state index in [1.165, 1.54) is 17.7 Å². The van der Waals surface area contributed by atoms with E-state index in [1.54, 1.807) is 6.92 Å². The minimum Gasteiger partial charge on any atom is -0.411 e. The Morgan fingerprint density at radius 3 is 3.00 bits per heavy atom. The number of rotatable bonds is 1. The van der Waals surface area contributed by atoms with Crippen LogP contribution in [0.2, 0.25) is 0 Å². The normalized spacial score (nSPS) is 10.8. The summed E-state index contributed by atoms with van der Waals surface area (Å²) >= 11 is 1.20. The topological polar surface area (TPSA) is 58.4 Å². The summed E-state index contributed by atoms with van der Waals surface area (Å²) in [6, 6.07) is 0. The maximum atomic E-state index is 8.04. The second kappa shape index (κ2) is 2.54. The molecule has 0 atom stereocenters. The Balaban J connectivity index is 2.85. The molecule has 1 aromatic rings. The molecule has 1 N–H and O–H groups in total. The molecule has 0 aromatic carbocycles. The van der Waals surface area contributed by atoms with Gasteiger partial charge in [-0.15, -0.1) is 0 Å². The maximum Gasteiger partial charge on any atom is 0.158 e. The van der Waals surface area contributed by atoms with Crippen molar-refractivity contribution in [2.24, 2.45) is 5.16 Å². The Labute approximate surface area is 56.0 Å². The average molecular weight is 143 g/mol. The summed E-state index contributed by atoms with van der Waals surface area (Å²) < 4.78 is 3.86. The molecule has 0 aliphatic rings. The average Bonchev–Trinajstić information content (AvgIpc) is 2.17. The maximum absolute atomic E-state index is 8.04. The first kappa shape index (κ1) is 6.15. The van der Waals surface area contributed by atoms with Crippen LogP contribution < -0.4 is 0 Å². The van der Waals surface area contributed by atoms with Crippen LogP contribution in [-0.2, 0) is 0 Å². The molecule has 0 radical (unpaired) electrons. The minimum absolute atomic E-state index is 0.620. The SMILES string of the molecule is Cc1nsc(/C=N/O)n1. The number of oxime groups is 1. The fourth-order valence-corrected chi connectivity index (χ4v) is 0.949. The summed E-state index contributed by atoms with van der Waals surface area (Å²) in [5.41, 5.74) is 0. The summed E-state index contributed by atoms with van der Waals surface area (Å²) in [6.07, 6.45) is 1.25. The summed E-state index contributed by atoms with van der Waals surface area (Å²) in [5, 5.41) is 11.5. The Morgan fingerprint density at radius 1 is 1.78 bits per heavy atom. The zero-order chi connectivity index (χ0) is 6.69. The molecule has 0 spiro atoms. The van der Waals surface area contributed by atoms with Crippen molar-refractivity contribution in [3.8, 4) is 0 Å². The van der Waals surface area contributed by atoms with Crippen LogP contribution in [0.25, 0.3) is 0 Å². The lowest BCUT2D eigenvalue weighted by Gasteiger charge is -1.72. The van der Waals surface area contributed by atoms with Crippen molar-refractivity contribution >= 4 is 17.7 Å². The van der Waals surface area contributed by atoms with E-state index in [2.05, 4.69) is 14.5 Å². The van der Waals surface area contributed by atoms with E-state index >= 15 is 0 Å². The van der Waals surface area contributed by atoms with Crippen molar-refractivity contribution in [1.82, 2.24) is 9.36 Å². The lowest BCUT2D eigenvalue weighted by atomic mass is 10.7. The molecule has 0 amide bonds. The highest BCUT2D eigenvalue weighted by molar-refractivity contribution is 7.07. The van der Waals surface area contributed by atoms with Gasteiger partial charge >= 0.3 is 0 Å². The number of hydrogen-bond acceptors (Lipinski definition) is 5. The number of nitrogens with zero attached hydrogens (tertiary/aromatic N) is 3. The van der Waals surface area contributed by atoms with Crippen LogP contribution in [0, 0.1) is 6.92 Å². The van der Waals surface area contributed by atoms with Gasteiger partial charge in [0, 0.05) is 0 Å². The van der Waals surface area contributed by atoms with Crippen LogP contribution in [0.3, 0.4) is 0 Å². The second-order valence-electron chi connectivity index (χ2n) is 1.42. The molecule has 1 heterocycles. The van der Waals surface area contributed by atoms with Gasteiger partial charge in [0.15, 0.2) is 5.01 Å². The Hall–Kier alpha value is -0.970. The molecule has 5 heteroatoms. The highest BCUT2D eigenvalue weighted by Crippen LogP contribution is 1.98. The first-order chi connectivity index (χ1) is 4.33. The predicted octanol–water partition coefficient (Wildman–Crippen LogP) is 0.655. The third kappa shape index (κ3) is 1.46. The van der Waals surface area contributed by atoms with Crippen LogP contribution in [-0.4, -0.2) is 20.8 Å². The summed E-state index contributed by atoms with van der Waals surface area (Å²) in [7, 11) is 0. The second-order valence-corrected chi connectivity index (χ2v) is 2.21. The van der Waals surface area contributed by atoms with E-state index in [0.717, 1.165) is 0 Å². The molecule has 0 unspecified atom stereocenters. The van der Waals surface area contributed by atoms with Crippen molar-refractivity contribution in [3.05, 3.63) is 10.8 Å². The van der Waals surface area contributed by atoms with Gasteiger partial charge in [-0.2, -0.15) is 4.37 Å². The molecule has 1 aromatic heterocycles. The lowest BCUT2D eigenvalue weighted by Crippen LogP contribution is -1.77. The molecule has 0 saturated carbocycles. The van der Waals surface area contributed by atoms with E-state index in [4.69, 9.17) is 5.21 Å². The number of hydrogen-bond donors (Lipinski definition) is 1. The quantitative estimate of drug-likeness (QED) is 0.357. The van der Waals surface area contributed by atoms with Gasteiger partial charge in [-0.25, -0.2) is 4.98 Å². The van der Waals surface area contributed by atoms with Gasteiger partial charge in [0.2, 0.25) is 0 Å². The van der Waals surface area contributed by atoms with Crippen molar-refractivity contribution < 1.29 is 5.21 Å². The summed E-state index contributed by atoms with van der Waals surface area (Å²) in [6.45, 7) is 1.78. The molecule has 1 rings (SSSR count). The third-order valence-corrected chi connectivity index (χ3v) is 1.45. The van der Waals surface area contributed by atoms with Crippen LogP contribution in [0.1, 0.15) is 10.8 Å². The van der Waals surface area contributed by atoms with Crippen LogP contribution in [0.4, 0.5) is 0 Å². The largest absolute Gasteiger partial charge is 0.411 e. The van der Waals surface area contributed by atoms with Crippen molar-refractivity contribution in [1.29, 1.82) is 0 Å². The standard InChI is InChI=1S/C4H5N3OS/c1-3-6-4(2-5-8)9-7-3/h2,8H,1H3/b5-2+. The predicted molar refractivity (Wildman–Crippen MR) is 34.0 cm³/mol. The molecule has 9 heavy (non-hydrogen) atoms. The first-order valence-electron chi connectivity index (χ1n) is 2.30. The third-order valence-electron chi connectivity index (χ3n) is 0.711. The molecular formula is C4H5N3OS. The molecule has 0 aliphatic carbocycles. The van der Waals surface area contributed by atoms with E-state index in [1.807, 2.05) is 0 Å². The van der Waals surface area contributed by atoms with Crippen molar-refractivity contribution in [3.63, 3.8) is 0 Å². The van der Waals surface area contributed by atoms with Gasteiger partial charge in [-0.3, -0.25) is 0 Å². The smallest absolute Gasteiger partial charge is 0.158 e. The van der Waals surface area contributed by atoms with Gasteiger partial charge in [0.05, 0.1) is 0 Å². The molecule has 0 fully saturated rings. The molecule has 0 bridgehead atoms. The fraction of sp³-hybridized carbons (Fsp3) is 0.250. The Bertz CT molecular complexity index is 219. The van der Waals surface area contributed by atoms with Crippen LogP contribution in [0.15, 0.2) is 5.16 Å². The van der Waals surface area contributed by atoms with Gasteiger partial charge in [-0.05, 0) is 18.5 Å². The van der Waals surface area contributed by atoms with Gasteiger partial charge in [0.25, 0.3) is 0 Å². The van der Waals surface area contributed by atoms with Crippen LogP contribution in [0.5, 0.6) is 0 Å². The van der Waals surface area contributed by atoms with E-state index < -0.39 is 0 Å². The molecule has 48 valence electrons. The molecular weight excluding hydrogens is 138 g/mol. The first-order valence-corrected chi connectivity index (χ1v) is 3.08. The Morgan fingerprint density at radius 2 is 2.56 bits per heavy atom. The minimum atomic E-state index is 0.620. The molecule has 0 saturated heterocycles. The fourth-order valence-electron chi connectivity index (χ4n) is 0.415. The number of aromatic nitrogens is 2. The summed E-state index contributed by atoms with van der Waals surface area (Å²) in [4.78, 5) is 3.90. The van der Waals surface area contributed by atoms with Crippen molar-refractivity contribution in [2.75, 3.05) is 0 Å². The van der Waals surface area contributed by atoms with Gasteiger partial charge < -0.3 is 5.21 Å². The van der Waals surface area contributed by atoms with E-state index in [0.29, 0.717) is 10.8 Å². The molecule has 0 aliphatic heterocycles. The lowest BCUT2D eigenvalue weighted by molar-refractivity contribution is 0.322. The van der Waals surface area contributed by atoms with Crippen LogP contribution >= 0.6 is 11.5 Å².